The number of ether oxygens (including phenoxy) is 2. The Labute approximate surface area is 157 Å². The first-order chi connectivity index (χ1) is 12.8. The lowest BCUT2D eigenvalue weighted by atomic mass is 10.0. The number of amides is 1. The number of carboxylic acid groups (broad SMARTS) is 1. The maximum Gasteiger partial charge on any atom is 0.341 e. The molecule has 0 bridgehead atoms. The third kappa shape index (κ3) is 5.44. The Hall–Kier alpha value is -3.09. The number of aryl methyl sites for hydroxylation is 2. The topological polar surface area (TPSA) is 76.1 Å². The van der Waals surface area contributed by atoms with Crippen LogP contribution in [0.2, 0.25) is 0 Å². The summed E-state index contributed by atoms with van der Waals surface area (Å²) < 4.78 is 24.2. The summed E-state index contributed by atoms with van der Waals surface area (Å²) in [5, 5.41) is 8.73. The van der Waals surface area contributed by atoms with Crippen molar-refractivity contribution in [3.8, 4) is 11.5 Å². The summed E-state index contributed by atoms with van der Waals surface area (Å²) in [4.78, 5) is 24.7. The van der Waals surface area contributed by atoms with E-state index in [0.29, 0.717) is 22.4 Å². The van der Waals surface area contributed by atoms with Gasteiger partial charge in [-0.2, -0.15) is 0 Å². The molecule has 0 saturated heterocycles. The Morgan fingerprint density at radius 1 is 1.11 bits per heavy atom. The molecule has 144 valence electrons. The second-order valence-corrected chi connectivity index (χ2v) is 6.13. The normalized spacial score (nSPS) is 10.4. The van der Waals surface area contributed by atoms with Crippen LogP contribution < -0.4 is 9.47 Å². The second-order valence-electron chi connectivity index (χ2n) is 6.13. The summed E-state index contributed by atoms with van der Waals surface area (Å²) in [6.07, 6.45) is 0. The van der Waals surface area contributed by atoms with Crippen LogP contribution in [0.25, 0.3) is 0 Å². The van der Waals surface area contributed by atoms with E-state index >= 15 is 0 Å². The molecular weight excluding hydrogens is 353 g/mol. The minimum absolute atomic E-state index is 0.143. The maximum atomic E-state index is 13.5. The van der Waals surface area contributed by atoms with Crippen LogP contribution in [0.15, 0.2) is 36.4 Å². The Morgan fingerprint density at radius 2 is 1.74 bits per heavy atom. The first-order valence-electron chi connectivity index (χ1n) is 8.38. The predicted molar refractivity (Wildman–Crippen MR) is 97.9 cm³/mol. The minimum Gasteiger partial charge on any atom is -0.489 e. The lowest BCUT2D eigenvalue weighted by molar-refractivity contribution is -0.139. The Kier molecular flexibility index (Phi) is 6.76. The molecule has 0 spiro atoms. The van der Waals surface area contributed by atoms with Gasteiger partial charge in [-0.05, 0) is 49.2 Å². The predicted octanol–water partition coefficient (Wildman–Crippen LogP) is 3.06. The van der Waals surface area contributed by atoms with Crippen molar-refractivity contribution < 1.29 is 28.6 Å². The van der Waals surface area contributed by atoms with Crippen molar-refractivity contribution in [3.63, 3.8) is 0 Å². The van der Waals surface area contributed by atoms with E-state index < -0.39 is 18.4 Å². The number of aliphatic carboxylic acids is 1. The molecule has 0 unspecified atom stereocenters. The summed E-state index contributed by atoms with van der Waals surface area (Å²) in [5.74, 6) is -1.13. The lowest BCUT2D eigenvalue weighted by Gasteiger charge is -2.19. The highest BCUT2D eigenvalue weighted by Gasteiger charge is 2.16. The first-order valence-corrected chi connectivity index (χ1v) is 8.38. The van der Waals surface area contributed by atoms with Crippen LogP contribution in [-0.4, -0.2) is 48.7 Å². The van der Waals surface area contributed by atoms with Crippen molar-refractivity contribution in [2.24, 2.45) is 0 Å². The molecule has 1 amide bonds. The van der Waals surface area contributed by atoms with Gasteiger partial charge in [-0.3, -0.25) is 4.79 Å². The molecule has 0 radical (unpaired) electrons. The summed E-state index contributed by atoms with van der Waals surface area (Å²) >= 11 is 0. The molecule has 0 aliphatic rings. The number of carboxylic acids is 1. The van der Waals surface area contributed by atoms with Gasteiger partial charge in [0.15, 0.2) is 18.2 Å². The fourth-order valence-electron chi connectivity index (χ4n) is 2.61. The van der Waals surface area contributed by atoms with Gasteiger partial charge >= 0.3 is 5.97 Å². The van der Waals surface area contributed by atoms with Crippen LogP contribution in [0.3, 0.4) is 0 Å². The molecule has 0 aliphatic carbocycles. The van der Waals surface area contributed by atoms with E-state index in [0.717, 1.165) is 0 Å². The van der Waals surface area contributed by atoms with E-state index in [-0.39, 0.29) is 24.8 Å². The van der Waals surface area contributed by atoms with Crippen LogP contribution >= 0.6 is 0 Å². The number of para-hydroxylation sites is 1. The summed E-state index contributed by atoms with van der Waals surface area (Å²) in [7, 11) is 1.63. The highest BCUT2D eigenvalue weighted by molar-refractivity contribution is 5.94. The van der Waals surface area contributed by atoms with E-state index in [9.17, 15) is 14.0 Å². The largest absolute Gasteiger partial charge is 0.489 e. The maximum absolute atomic E-state index is 13.5. The molecule has 2 aromatic carbocycles. The van der Waals surface area contributed by atoms with Crippen molar-refractivity contribution in [1.82, 2.24) is 4.90 Å². The summed E-state index contributed by atoms with van der Waals surface area (Å²) in [5.41, 5.74) is 1.81. The molecule has 2 rings (SSSR count). The average molecular weight is 375 g/mol. The number of halogens is 1. The van der Waals surface area contributed by atoms with Gasteiger partial charge in [0.05, 0.1) is 6.54 Å². The number of likely N-dealkylation sites (N-methyl/N-ethyl adjacent to an activating group) is 1. The van der Waals surface area contributed by atoms with Crippen molar-refractivity contribution in [2.45, 2.75) is 13.8 Å². The monoisotopic (exact) mass is 375 g/mol. The molecule has 0 saturated carbocycles. The SMILES string of the molecule is Cc1cc(C(=O)N(C)CCOc2ccccc2F)cc(C)c1OCC(=O)O. The molecule has 0 aromatic heterocycles. The molecule has 0 aliphatic heterocycles. The van der Waals surface area contributed by atoms with Crippen LogP contribution in [-0.2, 0) is 4.79 Å². The lowest BCUT2D eigenvalue weighted by Crippen LogP contribution is -2.31. The number of nitrogens with zero attached hydrogens (tertiary/aromatic N) is 1. The van der Waals surface area contributed by atoms with Gasteiger partial charge in [0, 0.05) is 12.6 Å². The van der Waals surface area contributed by atoms with Gasteiger partial charge in [0.1, 0.15) is 12.4 Å². The average Bonchev–Trinajstić information content (AvgIpc) is 2.61. The highest BCUT2D eigenvalue weighted by Crippen LogP contribution is 2.25. The zero-order valence-corrected chi connectivity index (χ0v) is 15.5. The van der Waals surface area contributed by atoms with Gasteiger partial charge in [-0.25, -0.2) is 9.18 Å². The van der Waals surface area contributed by atoms with Crippen molar-refractivity contribution in [2.75, 3.05) is 26.8 Å². The van der Waals surface area contributed by atoms with Crippen LogP contribution in [0.4, 0.5) is 4.39 Å². The van der Waals surface area contributed by atoms with Crippen LogP contribution in [0, 0.1) is 19.7 Å². The first kappa shape index (κ1) is 20.2. The van der Waals surface area contributed by atoms with Gasteiger partial charge in [0.2, 0.25) is 0 Å². The van der Waals surface area contributed by atoms with Crippen molar-refractivity contribution in [1.29, 1.82) is 0 Å². The zero-order chi connectivity index (χ0) is 20.0. The molecular formula is C20H22FNO5. The summed E-state index contributed by atoms with van der Waals surface area (Å²) in [6, 6.07) is 9.39. The summed E-state index contributed by atoms with van der Waals surface area (Å²) in [6.45, 7) is 3.50. The second kappa shape index (κ2) is 9.02. The van der Waals surface area contributed by atoms with E-state index in [2.05, 4.69) is 0 Å². The van der Waals surface area contributed by atoms with E-state index in [4.69, 9.17) is 14.6 Å². The third-order valence-electron chi connectivity index (χ3n) is 3.91. The van der Waals surface area contributed by atoms with Crippen molar-refractivity contribution >= 4 is 11.9 Å². The fourth-order valence-corrected chi connectivity index (χ4v) is 2.61. The Balaban J connectivity index is 1.99. The fraction of sp³-hybridized carbons (Fsp3) is 0.300. The highest BCUT2D eigenvalue weighted by atomic mass is 19.1. The molecule has 0 heterocycles. The van der Waals surface area contributed by atoms with E-state index in [1.165, 1.54) is 17.0 Å². The van der Waals surface area contributed by atoms with Crippen molar-refractivity contribution in [3.05, 3.63) is 58.9 Å². The molecule has 1 N–H and O–H groups in total. The van der Waals surface area contributed by atoms with Crippen LogP contribution in [0.1, 0.15) is 21.5 Å². The Morgan fingerprint density at radius 3 is 2.33 bits per heavy atom. The number of hydrogen-bond donors (Lipinski definition) is 1. The minimum atomic E-state index is -1.07. The molecule has 27 heavy (non-hydrogen) atoms. The number of benzene rings is 2. The number of carbonyl (C=O) groups excluding carboxylic acids is 1. The third-order valence-corrected chi connectivity index (χ3v) is 3.91. The van der Waals surface area contributed by atoms with Crippen LogP contribution in [0.5, 0.6) is 11.5 Å². The number of carbonyl (C=O) groups is 2. The smallest absolute Gasteiger partial charge is 0.341 e. The standard InChI is InChI=1S/C20H22FNO5/c1-13-10-15(11-14(2)19(13)27-12-18(23)24)20(25)22(3)8-9-26-17-7-5-4-6-16(17)21/h4-7,10-11H,8-9,12H2,1-3H3,(H,23,24). The molecule has 6 nitrogen and oxygen atoms in total. The number of hydrogen-bond acceptors (Lipinski definition) is 4. The number of rotatable bonds is 8. The van der Waals surface area contributed by atoms with Gasteiger partial charge in [0.25, 0.3) is 5.91 Å². The molecule has 0 fully saturated rings. The zero-order valence-electron chi connectivity index (χ0n) is 15.5. The Bertz CT molecular complexity index is 814. The molecule has 2 aromatic rings. The molecule has 7 heteroatoms. The van der Waals surface area contributed by atoms with Gasteiger partial charge in [-0.15, -0.1) is 0 Å². The quantitative estimate of drug-likeness (QED) is 0.767. The molecule has 0 atom stereocenters. The van der Waals surface area contributed by atoms with E-state index in [1.54, 1.807) is 45.2 Å². The van der Waals surface area contributed by atoms with E-state index in [1.807, 2.05) is 0 Å². The van der Waals surface area contributed by atoms with Gasteiger partial charge in [-0.1, -0.05) is 12.1 Å². The van der Waals surface area contributed by atoms with Gasteiger partial charge < -0.3 is 19.5 Å².